The van der Waals surface area contributed by atoms with Crippen LogP contribution in [0.2, 0.25) is 0 Å². The summed E-state index contributed by atoms with van der Waals surface area (Å²) in [5.41, 5.74) is 0. The van der Waals surface area contributed by atoms with Crippen molar-refractivity contribution in [2.24, 2.45) is 0 Å². The van der Waals surface area contributed by atoms with Crippen molar-refractivity contribution >= 4 is 17.9 Å². The third kappa shape index (κ3) is 51.2. The molecule has 0 rings (SSSR count). The maximum absolute atomic E-state index is 12.8. The Kier molecular flexibility index (Phi) is 50.0. The summed E-state index contributed by atoms with van der Waals surface area (Å²) in [5, 5.41) is 0. The molecule has 1 atom stereocenters. The lowest BCUT2D eigenvalue weighted by Gasteiger charge is -2.18. The van der Waals surface area contributed by atoms with Gasteiger partial charge in [-0.1, -0.05) is 201 Å². The molecule has 0 saturated carbocycles. The SMILES string of the molecule is CC/C=C\C/C=C\C/C=C\C/C=C\C/C=C\CCCCCC(=O)OC[C@@H](COC(=O)CCCCCCC/C=C\CCCCCCC)OC(=O)CCCCCCC/C=C\C/C=C\CCCC. The van der Waals surface area contributed by atoms with Crippen LogP contribution in [-0.4, -0.2) is 37.2 Å². The zero-order valence-electron chi connectivity index (χ0n) is 42.2. The average molecular weight is 903 g/mol. The van der Waals surface area contributed by atoms with E-state index in [-0.39, 0.29) is 31.1 Å². The van der Waals surface area contributed by atoms with E-state index in [0.29, 0.717) is 19.3 Å². The van der Waals surface area contributed by atoms with Crippen LogP contribution in [0.15, 0.2) is 97.2 Å². The van der Waals surface area contributed by atoms with Gasteiger partial charge in [0, 0.05) is 19.3 Å². The molecule has 0 aliphatic carbocycles. The van der Waals surface area contributed by atoms with E-state index < -0.39 is 6.10 Å². The summed E-state index contributed by atoms with van der Waals surface area (Å²) in [5.74, 6) is -0.956. The van der Waals surface area contributed by atoms with Crippen LogP contribution in [0.3, 0.4) is 0 Å². The molecule has 0 aromatic carbocycles. The van der Waals surface area contributed by atoms with Gasteiger partial charge in [-0.05, 0) is 116 Å². The molecule has 0 N–H and O–H groups in total. The summed E-state index contributed by atoms with van der Waals surface area (Å²) >= 11 is 0. The highest BCUT2D eigenvalue weighted by molar-refractivity contribution is 5.71. The van der Waals surface area contributed by atoms with Crippen molar-refractivity contribution in [2.75, 3.05) is 13.2 Å². The molecule has 0 bridgehead atoms. The van der Waals surface area contributed by atoms with Gasteiger partial charge in [-0.25, -0.2) is 0 Å². The van der Waals surface area contributed by atoms with E-state index in [4.69, 9.17) is 14.2 Å². The molecule has 6 nitrogen and oxygen atoms in total. The van der Waals surface area contributed by atoms with Gasteiger partial charge < -0.3 is 14.2 Å². The van der Waals surface area contributed by atoms with Crippen LogP contribution in [0.5, 0.6) is 0 Å². The normalized spacial score (nSPS) is 12.8. The van der Waals surface area contributed by atoms with Crippen LogP contribution < -0.4 is 0 Å². The Labute approximate surface area is 400 Å². The molecule has 0 aliphatic rings. The minimum atomic E-state index is -0.802. The van der Waals surface area contributed by atoms with Crippen LogP contribution in [0.4, 0.5) is 0 Å². The van der Waals surface area contributed by atoms with E-state index in [2.05, 4.69) is 118 Å². The van der Waals surface area contributed by atoms with E-state index >= 15 is 0 Å². The smallest absolute Gasteiger partial charge is 0.306 e. The largest absolute Gasteiger partial charge is 0.462 e. The summed E-state index contributed by atoms with van der Waals surface area (Å²) in [6.07, 6.45) is 69.6. The lowest BCUT2D eigenvalue weighted by Crippen LogP contribution is -2.30. The number of allylic oxidation sites excluding steroid dienone is 16. The molecular weight excluding hydrogens is 805 g/mol. The minimum Gasteiger partial charge on any atom is -0.462 e. The Hall–Kier alpha value is -3.67. The van der Waals surface area contributed by atoms with Gasteiger partial charge in [-0.2, -0.15) is 0 Å². The predicted octanol–water partition coefficient (Wildman–Crippen LogP) is 17.8. The van der Waals surface area contributed by atoms with Crippen LogP contribution in [-0.2, 0) is 28.6 Å². The molecule has 0 aromatic rings. The third-order valence-electron chi connectivity index (χ3n) is 11.0. The predicted molar refractivity (Wildman–Crippen MR) is 279 cm³/mol. The van der Waals surface area contributed by atoms with Crippen LogP contribution in [0, 0.1) is 0 Å². The second-order valence-electron chi connectivity index (χ2n) is 17.4. The van der Waals surface area contributed by atoms with Gasteiger partial charge in [0.05, 0.1) is 0 Å². The van der Waals surface area contributed by atoms with Crippen LogP contribution in [0.1, 0.15) is 239 Å². The Bertz CT molecular complexity index is 1310. The van der Waals surface area contributed by atoms with E-state index in [9.17, 15) is 14.4 Å². The number of carbonyl (C=O) groups is 3. The Morgan fingerprint density at radius 1 is 0.323 bits per heavy atom. The van der Waals surface area contributed by atoms with E-state index in [0.717, 1.165) is 135 Å². The Morgan fingerprint density at radius 2 is 0.615 bits per heavy atom. The molecule has 65 heavy (non-hydrogen) atoms. The molecular formula is C59H98O6. The van der Waals surface area contributed by atoms with Gasteiger partial charge in [-0.15, -0.1) is 0 Å². The zero-order chi connectivity index (χ0) is 47.2. The lowest BCUT2D eigenvalue weighted by atomic mass is 10.1. The van der Waals surface area contributed by atoms with Crippen molar-refractivity contribution in [3.05, 3.63) is 97.2 Å². The molecule has 0 radical (unpaired) electrons. The van der Waals surface area contributed by atoms with E-state index in [1.807, 2.05) is 0 Å². The molecule has 0 amide bonds. The Balaban J connectivity index is 4.48. The number of esters is 3. The van der Waals surface area contributed by atoms with E-state index in [1.54, 1.807) is 0 Å². The van der Waals surface area contributed by atoms with Gasteiger partial charge in [0.25, 0.3) is 0 Å². The Morgan fingerprint density at radius 3 is 1.02 bits per heavy atom. The van der Waals surface area contributed by atoms with Crippen LogP contribution in [0.25, 0.3) is 0 Å². The first-order valence-electron chi connectivity index (χ1n) is 26.7. The first-order chi connectivity index (χ1) is 32.0. The van der Waals surface area contributed by atoms with Crippen molar-refractivity contribution in [1.29, 1.82) is 0 Å². The minimum absolute atomic E-state index is 0.0991. The molecule has 0 aliphatic heterocycles. The van der Waals surface area contributed by atoms with Crippen molar-refractivity contribution in [3.63, 3.8) is 0 Å². The molecule has 370 valence electrons. The summed E-state index contributed by atoms with van der Waals surface area (Å²) in [6.45, 7) is 6.42. The standard InChI is InChI=1S/C59H98O6/c1-4-7-10-13-16-19-22-25-28-29-30-31-32-35-37-40-43-46-49-52-58(61)64-55-56(65-59(62)53-50-47-44-41-38-34-27-24-21-18-15-12-9-6-3)54-63-57(60)51-48-45-42-39-36-33-26-23-20-17-14-11-8-5-2/h7,10,15-16,18-19,23-28,30-31,35,37,56H,4-6,8-9,11-14,17,20-22,29,32-34,36,38-55H2,1-3H3/b10-7-,18-15-,19-16-,26-23-,27-24-,28-25-,31-30-,37-35-/t56-/m1/s1. The summed E-state index contributed by atoms with van der Waals surface area (Å²) in [4.78, 5) is 38.0. The molecule has 0 spiro atoms. The van der Waals surface area contributed by atoms with Gasteiger partial charge in [0.15, 0.2) is 6.10 Å². The van der Waals surface area contributed by atoms with Crippen molar-refractivity contribution in [3.8, 4) is 0 Å². The first-order valence-corrected chi connectivity index (χ1v) is 26.7. The maximum atomic E-state index is 12.8. The molecule has 0 fully saturated rings. The second-order valence-corrected chi connectivity index (χ2v) is 17.4. The van der Waals surface area contributed by atoms with E-state index in [1.165, 1.54) is 64.2 Å². The topological polar surface area (TPSA) is 78.9 Å². The van der Waals surface area contributed by atoms with Gasteiger partial charge in [-0.3, -0.25) is 14.4 Å². The molecule has 0 saturated heterocycles. The number of ether oxygens (including phenoxy) is 3. The van der Waals surface area contributed by atoms with Crippen molar-refractivity contribution in [1.82, 2.24) is 0 Å². The fraction of sp³-hybridized carbons (Fsp3) is 0.678. The second kappa shape index (κ2) is 52.9. The fourth-order valence-corrected chi connectivity index (χ4v) is 7.01. The summed E-state index contributed by atoms with van der Waals surface area (Å²) in [7, 11) is 0. The van der Waals surface area contributed by atoms with Crippen molar-refractivity contribution in [2.45, 2.75) is 245 Å². The number of carbonyl (C=O) groups excluding carboxylic acids is 3. The van der Waals surface area contributed by atoms with Crippen LogP contribution >= 0.6 is 0 Å². The third-order valence-corrected chi connectivity index (χ3v) is 11.0. The highest BCUT2D eigenvalue weighted by Gasteiger charge is 2.19. The van der Waals surface area contributed by atoms with Gasteiger partial charge in [0.2, 0.25) is 0 Å². The fourth-order valence-electron chi connectivity index (χ4n) is 7.01. The first kappa shape index (κ1) is 61.3. The number of rotatable bonds is 47. The molecule has 0 heterocycles. The number of unbranched alkanes of at least 4 members (excludes halogenated alkanes) is 20. The highest BCUT2D eigenvalue weighted by Crippen LogP contribution is 2.13. The van der Waals surface area contributed by atoms with Gasteiger partial charge >= 0.3 is 17.9 Å². The zero-order valence-corrected chi connectivity index (χ0v) is 42.2. The number of hydrogen-bond acceptors (Lipinski definition) is 6. The monoisotopic (exact) mass is 903 g/mol. The molecule has 0 aromatic heterocycles. The quantitative estimate of drug-likeness (QED) is 0.0262. The van der Waals surface area contributed by atoms with Crippen molar-refractivity contribution < 1.29 is 28.6 Å². The lowest BCUT2D eigenvalue weighted by molar-refractivity contribution is -0.167. The average Bonchev–Trinajstić information content (AvgIpc) is 3.30. The summed E-state index contributed by atoms with van der Waals surface area (Å²) in [6, 6.07) is 0. The van der Waals surface area contributed by atoms with Gasteiger partial charge in [0.1, 0.15) is 13.2 Å². The highest BCUT2D eigenvalue weighted by atomic mass is 16.6. The summed E-state index contributed by atoms with van der Waals surface area (Å²) < 4.78 is 16.8. The molecule has 0 unspecified atom stereocenters. The molecule has 6 heteroatoms. The number of hydrogen-bond donors (Lipinski definition) is 0. The maximum Gasteiger partial charge on any atom is 0.306 e.